The molecule has 15 heteroatoms. The van der Waals surface area contributed by atoms with Gasteiger partial charge in [0.1, 0.15) is 24.2 Å². The zero-order valence-electron chi connectivity index (χ0n) is 21.4. The quantitative estimate of drug-likeness (QED) is 0.0972. The highest BCUT2D eigenvalue weighted by molar-refractivity contribution is 5.95. The Labute approximate surface area is 214 Å². The number of carbonyl (C=O) groups is 7. The maximum absolute atomic E-state index is 13.1. The molecule has 0 aromatic rings. The van der Waals surface area contributed by atoms with E-state index < -0.39 is 78.0 Å². The van der Waals surface area contributed by atoms with Gasteiger partial charge in [0.2, 0.25) is 29.5 Å². The lowest BCUT2D eigenvalue weighted by molar-refractivity contribution is -0.143. The van der Waals surface area contributed by atoms with Crippen molar-refractivity contribution >= 4 is 41.5 Å². The van der Waals surface area contributed by atoms with Crippen LogP contribution >= 0.6 is 0 Å². The lowest BCUT2D eigenvalue weighted by Crippen LogP contribution is -2.59. The van der Waals surface area contributed by atoms with Crippen molar-refractivity contribution in [3.8, 4) is 0 Å². The Bertz CT molecular complexity index is 862. The van der Waals surface area contributed by atoms with Crippen molar-refractivity contribution in [1.29, 1.82) is 0 Å². The molecule has 0 aromatic heterocycles. The van der Waals surface area contributed by atoms with E-state index in [9.17, 15) is 38.7 Å². The summed E-state index contributed by atoms with van der Waals surface area (Å²) < 4.78 is 0. The standard InChI is InChI=1S/C22H38N6O9/c1-10(2)17(27-15(30)9-23)20(34)25-12(5-7-14(24)29)19(33)28-18(11(3)4)21(35)26-13(22(36)37)6-8-16(31)32/h10-13,17-18H,5-9,23H2,1-4H3,(H2,24,29)(H,25,34)(H,26,35)(H,27,30)(H,28,33)(H,31,32)(H,36,37)/t12-,13-,17-,18-/m0/s1. The van der Waals surface area contributed by atoms with Gasteiger partial charge in [0.25, 0.3) is 0 Å². The highest BCUT2D eigenvalue weighted by atomic mass is 16.4. The van der Waals surface area contributed by atoms with Crippen molar-refractivity contribution in [2.45, 2.75) is 77.5 Å². The molecule has 0 bridgehead atoms. The fraction of sp³-hybridized carbons (Fsp3) is 0.682. The lowest BCUT2D eigenvalue weighted by atomic mass is 10.00. The minimum atomic E-state index is -1.51. The molecule has 0 aliphatic rings. The second-order valence-corrected chi connectivity index (χ2v) is 9.12. The molecule has 0 aromatic carbocycles. The first-order valence-electron chi connectivity index (χ1n) is 11.7. The first kappa shape index (κ1) is 33.2. The number of nitrogens with one attached hydrogen (secondary N) is 4. The van der Waals surface area contributed by atoms with Crippen LogP contribution in [0, 0.1) is 11.8 Å². The third-order valence-corrected chi connectivity index (χ3v) is 5.27. The van der Waals surface area contributed by atoms with Gasteiger partial charge in [0.05, 0.1) is 6.54 Å². The third-order valence-electron chi connectivity index (χ3n) is 5.27. The van der Waals surface area contributed by atoms with Crippen LogP contribution in [-0.4, -0.2) is 82.4 Å². The van der Waals surface area contributed by atoms with E-state index in [1.54, 1.807) is 27.7 Å². The van der Waals surface area contributed by atoms with Crippen LogP contribution in [-0.2, 0) is 33.6 Å². The molecule has 0 fully saturated rings. The van der Waals surface area contributed by atoms with Gasteiger partial charge in [0, 0.05) is 12.8 Å². The molecular weight excluding hydrogens is 492 g/mol. The van der Waals surface area contributed by atoms with Gasteiger partial charge in [-0.2, -0.15) is 0 Å². The molecule has 0 aliphatic heterocycles. The molecule has 0 saturated carbocycles. The Balaban J connectivity index is 5.71. The number of carboxylic acids is 2. The molecule has 0 spiro atoms. The molecule has 0 aliphatic carbocycles. The van der Waals surface area contributed by atoms with Crippen LogP contribution in [0.1, 0.15) is 53.4 Å². The summed E-state index contributed by atoms with van der Waals surface area (Å²) in [5.41, 5.74) is 10.5. The van der Waals surface area contributed by atoms with Crippen LogP contribution in [0.4, 0.5) is 0 Å². The van der Waals surface area contributed by atoms with Crippen LogP contribution < -0.4 is 32.7 Å². The summed E-state index contributed by atoms with van der Waals surface area (Å²) >= 11 is 0. The minimum Gasteiger partial charge on any atom is -0.481 e. The number of nitrogens with two attached hydrogens (primary N) is 2. The third kappa shape index (κ3) is 12.7. The number of hydrogen-bond donors (Lipinski definition) is 8. The van der Waals surface area contributed by atoms with E-state index in [0.29, 0.717) is 0 Å². The highest BCUT2D eigenvalue weighted by Crippen LogP contribution is 2.09. The average molecular weight is 531 g/mol. The summed E-state index contributed by atoms with van der Waals surface area (Å²) in [7, 11) is 0. The molecule has 210 valence electrons. The molecule has 0 unspecified atom stereocenters. The van der Waals surface area contributed by atoms with E-state index in [2.05, 4.69) is 21.3 Å². The van der Waals surface area contributed by atoms with Crippen molar-refractivity contribution in [2.75, 3.05) is 6.54 Å². The van der Waals surface area contributed by atoms with Crippen LogP contribution in [0.5, 0.6) is 0 Å². The molecule has 0 heterocycles. The van der Waals surface area contributed by atoms with Crippen molar-refractivity contribution in [3.63, 3.8) is 0 Å². The van der Waals surface area contributed by atoms with Crippen molar-refractivity contribution in [1.82, 2.24) is 21.3 Å². The molecule has 15 nitrogen and oxygen atoms in total. The monoisotopic (exact) mass is 530 g/mol. The zero-order valence-corrected chi connectivity index (χ0v) is 21.4. The van der Waals surface area contributed by atoms with Crippen molar-refractivity contribution < 1.29 is 43.8 Å². The molecule has 10 N–H and O–H groups in total. The van der Waals surface area contributed by atoms with E-state index in [1.165, 1.54) is 0 Å². The minimum absolute atomic E-state index is 0.217. The predicted octanol–water partition coefficient (Wildman–Crippen LogP) is -2.59. The van der Waals surface area contributed by atoms with E-state index in [-0.39, 0.29) is 31.7 Å². The molecule has 0 radical (unpaired) electrons. The summed E-state index contributed by atoms with van der Waals surface area (Å²) in [5, 5.41) is 27.6. The maximum Gasteiger partial charge on any atom is 0.326 e. The van der Waals surface area contributed by atoms with Gasteiger partial charge in [-0.05, 0) is 24.7 Å². The summed E-state index contributed by atoms with van der Waals surface area (Å²) in [6.07, 6.45) is -1.38. The molecule has 0 rings (SSSR count). The molecule has 4 atom stereocenters. The Hall–Kier alpha value is -3.75. The number of carbonyl (C=O) groups excluding carboxylic acids is 5. The van der Waals surface area contributed by atoms with Gasteiger partial charge in [-0.3, -0.25) is 28.8 Å². The Morgan fingerprint density at radius 3 is 1.54 bits per heavy atom. The number of aliphatic carboxylic acids is 2. The number of primary amides is 1. The second-order valence-electron chi connectivity index (χ2n) is 9.12. The zero-order chi connectivity index (χ0) is 28.9. The largest absolute Gasteiger partial charge is 0.481 e. The number of hydrogen-bond acceptors (Lipinski definition) is 8. The van der Waals surface area contributed by atoms with Crippen LogP contribution in [0.25, 0.3) is 0 Å². The molecule has 0 saturated heterocycles. The van der Waals surface area contributed by atoms with E-state index >= 15 is 0 Å². The summed E-state index contributed by atoms with van der Waals surface area (Å²) in [4.78, 5) is 83.9. The van der Waals surface area contributed by atoms with Crippen LogP contribution in [0.3, 0.4) is 0 Å². The van der Waals surface area contributed by atoms with Gasteiger partial charge in [-0.15, -0.1) is 0 Å². The summed E-state index contributed by atoms with van der Waals surface area (Å²) in [6.45, 7) is 6.10. The normalized spacial score (nSPS) is 14.1. The fourth-order valence-corrected chi connectivity index (χ4v) is 3.16. The van der Waals surface area contributed by atoms with Gasteiger partial charge >= 0.3 is 11.9 Å². The van der Waals surface area contributed by atoms with Gasteiger partial charge in [0.15, 0.2) is 0 Å². The van der Waals surface area contributed by atoms with E-state index in [4.69, 9.17) is 16.6 Å². The van der Waals surface area contributed by atoms with Gasteiger partial charge in [-0.1, -0.05) is 27.7 Å². The van der Waals surface area contributed by atoms with Crippen molar-refractivity contribution in [3.05, 3.63) is 0 Å². The number of amides is 5. The van der Waals surface area contributed by atoms with Crippen molar-refractivity contribution in [2.24, 2.45) is 23.3 Å². The van der Waals surface area contributed by atoms with Gasteiger partial charge < -0.3 is 42.9 Å². The van der Waals surface area contributed by atoms with Gasteiger partial charge in [-0.25, -0.2) is 4.79 Å². The lowest BCUT2D eigenvalue weighted by Gasteiger charge is -2.28. The van der Waals surface area contributed by atoms with E-state index in [1.807, 2.05) is 0 Å². The molecule has 37 heavy (non-hydrogen) atoms. The Morgan fingerprint density at radius 2 is 1.14 bits per heavy atom. The smallest absolute Gasteiger partial charge is 0.326 e. The molecular formula is C22H38N6O9. The number of carboxylic acid groups (broad SMARTS) is 2. The fourth-order valence-electron chi connectivity index (χ4n) is 3.16. The second kappa shape index (κ2) is 16.1. The Kier molecular flexibility index (Phi) is 14.5. The predicted molar refractivity (Wildman–Crippen MR) is 129 cm³/mol. The SMILES string of the molecule is CC(C)[C@H](NC(=O)CN)C(=O)N[C@@H](CCC(N)=O)C(=O)N[C@H](C(=O)N[C@@H](CCC(=O)O)C(=O)O)C(C)C. The highest BCUT2D eigenvalue weighted by Gasteiger charge is 2.33. The van der Waals surface area contributed by atoms with Crippen LogP contribution in [0.2, 0.25) is 0 Å². The first-order valence-corrected chi connectivity index (χ1v) is 11.7. The summed E-state index contributed by atoms with van der Waals surface area (Å²) in [6, 6.07) is -5.14. The van der Waals surface area contributed by atoms with Crippen LogP contribution in [0.15, 0.2) is 0 Å². The first-order chi connectivity index (χ1) is 17.1. The maximum atomic E-state index is 13.1. The molecule has 5 amide bonds. The van der Waals surface area contributed by atoms with E-state index in [0.717, 1.165) is 0 Å². The average Bonchev–Trinajstić information content (AvgIpc) is 2.79. The topological polar surface area (TPSA) is 260 Å². The summed E-state index contributed by atoms with van der Waals surface area (Å²) in [5.74, 6) is -7.43. The Morgan fingerprint density at radius 1 is 0.676 bits per heavy atom. The number of rotatable bonds is 17.